The topological polar surface area (TPSA) is 71.1 Å². The molecule has 6 nitrogen and oxygen atoms in total. The lowest BCUT2D eigenvalue weighted by Crippen LogP contribution is -2.49. The second kappa shape index (κ2) is 15.0. The van der Waals surface area contributed by atoms with E-state index in [1.54, 1.807) is 13.2 Å². The largest absolute Gasteiger partial charge is 0.497 e. The highest BCUT2D eigenvalue weighted by atomic mass is 28.4. The summed E-state index contributed by atoms with van der Waals surface area (Å²) < 4.78 is 24.3. The molecular weight excluding hydrogens is 496 g/mol. The number of aldehydes is 1. The molecule has 0 radical (unpaired) electrons. The number of benzene rings is 1. The highest BCUT2D eigenvalue weighted by molar-refractivity contribution is 6.74. The number of methoxy groups -OCH3 is 1. The van der Waals surface area contributed by atoms with Crippen LogP contribution in [0.25, 0.3) is 0 Å². The van der Waals surface area contributed by atoms with Gasteiger partial charge in [-0.3, -0.25) is 4.79 Å². The second-order valence-corrected chi connectivity index (χ2v) is 17.1. The van der Waals surface area contributed by atoms with Crippen molar-refractivity contribution in [3.8, 4) is 5.75 Å². The molecule has 0 aromatic heterocycles. The molecule has 7 heteroatoms. The summed E-state index contributed by atoms with van der Waals surface area (Å²) in [5.41, 5.74) is 1.00. The lowest BCUT2D eigenvalue weighted by molar-refractivity contribution is -0.169. The summed E-state index contributed by atoms with van der Waals surface area (Å²) >= 11 is 0. The maximum atomic E-state index is 13.6. The van der Waals surface area contributed by atoms with E-state index < -0.39 is 20.3 Å². The number of rotatable bonds is 16. The van der Waals surface area contributed by atoms with Crippen LogP contribution in [-0.2, 0) is 30.1 Å². The lowest BCUT2D eigenvalue weighted by atomic mass is 9.87. The average Bonchev–Trinajstić information content (AvgIpc) is 2.87. The molecule has 38 heavy (non-hydrogen) atoms. The minimum absolute atomic E-state index is 0.00546. The molecule has 0 spiro atoms. The van der Waals surface area contributed by atoms with Crippen molar-refractivity contribution in [2.24, 2.45) is 23.7 Å². The van der Waals surface area contributed by atoms with Crippen molar-refractivity contribution in [2.75, 3.05) is 7.11 Å². The van der Waals surface area contributed by atoms with Gasteiger partial charge in [-0.25, -0.2) is 0 Å². The van der Waals surface area contributed by atoms with Crippen molar-refractivity contribution < 1.29 is 28.2 Å². The van der Waals surface area contributed by atoms with Crippen LogP contribution in [0.4, 0.5) is 0 Å². The van der Waals surface area contributed by atoms with Crippen molar-refractivity contribution in [1.29, 1.82) is 0 Å². The summed E-state index contributed by atoms with van der Waals surface area (Å²) in [6, 6.07) is 7.69. The first-order valence-electron chi connectivity index (χ1n) is 13.8. The summed E-state index contributed by atoms with van der Waals surface area (Å²) in [4.78, 5) is 25.0. The summed E-state index contributed by atoms with van der Waals surface area (Å²) in [7, 11) is -0.559. The number of hydrogen-bond donors (Lipinski definition) is 0. The van der Waals surface area contributed by atoms with Gasteiger partial charge in [-0.05, 0) is 62.0 Å². The van der Waals surface area contributed by atoms with Crippen LogP contribution < -0.4 is 4.74 Å². The monoisotopic (exact) mass is 548 g/mol. The Morgan fingerprint density at radius 2 is 1.61 bits per heavy atom. The van der Waals surface area contributed by atoms with Gasteiger partial charge in [-0.2, -0.15) is 0 Å². The SMILES string of the molecule is C=C[C@@H](C)[C@H](OC(=O)[C@H](C)[C@@H](O[Si](C)(C)C(C)(C)C)[C@@H](C)C[C@@H](C)C=O)[C@@H](C)OCc1ccc(OC)cc1. The Bertz CT molecular complexity index is 875. The summed E-state index contributed by atoms with van der Waals surface area (Å²) in [6.45, 7) is 25.0. The summed E-state index contributed by atoms with van der Waals surface area (Å²) in [5, 5.41) is -0.0193. The molecule has 216 valence electrons. The van der Waals surface area contributed by atoms with Crippen LogP contribution in [-0.4, -0.2) is 46.0 Å². The molecule has 1 rings (SSSR count). The van der Waals surface area contributed by atoms with Gasteiger partial charge >= 0.3 is 5.97 Å². The van der Waals surface area contributed by atoms with Gasteiger partial charge in [-0.15, -0.1) is 6.58 Å². The number of carbonyl (C=O) groups is 2. The second-order valence-electron chi connectivity index (χ2n) is 12.3. The van der Waals surface area contributed by atoms with E-state index in [9.17, 15) is 9.59 Å². The third-order valence-corrected chi connectivity index (χ3v) is 12.4. The number of esters is 1. The molecule has 0 unspecified atom stereocenters. The third kappa shape index (κ3) is 9.97. The molecule has 0 aliphatic carbocycles. The maximum Gasteiger partial charge on any atom is 0.311 e. The molecular formula is C31H52O6Si. The van der Waals surface area contributed by atoms with Crippen LogP contribution in [0, 0.1) is 23.7 Å². The zero-order valence-corrected chi connectivity index (χ0v) is 26.6. The Balaban J connectivity index is 3.09. The van der Waals surface area contributed by atoms with Gasteiger partial charge in [0, 0.05) is 11.8 Å². The van der Waals surface area contributed by atoms with E-state index in [0.29, 0.717) is 13.0 Å². The normalized spacial score (nSPS) is 17.9. The highest BCUT2D eigenvalue weighted by Crippen LogP contribution is 2.40. The van der Waals surface area contributed by atoms with Gasteiger partial charge in [-0.1, -0.05) is 59.8 Å². The first-order chi connectivity index (χ1) is 17.6. The zero-order valence-electron chi connectivity index (χ0n) is 25.6. The lowest BCUT2D eigenvalue weighted by Gasteiger charge is -2.43. The van der Waals surface area contributed by atoms with Gasteiger partial charge < -0.3 is 23.4 Å². The van der Waals surface area contributed by atoms with Gasteiger partial charge in [0.25, 0.3) is 0 Å². The first-order valence-corrected chi connectivity index (χ1v) is 16.7. The highest BCUT2D eigenvalue weighted by Gasteiger charge is 2.43. The van der Waals surface area contributed by atoms with Crippen LogP contribution in [0.3, 0.4) is 0 Å². The fraction of sp³-hybridized carbons (Fsp3) is 0.677. The van der Waals surface area contributed by atoms with Crippen molar-refractivity contribution in [3.05, 3.63) is 42.5 Å². The summed E-state index contributed by atoms with van der Waals surface area (Å²) in [6.07, 6.45) is 2.18. The van der Waals surface area contributed by atoms with E-state index in [1.165, 1.54) is 0 Å². The molecule has 1 aromatic rings. The minimum atomic E-state index is -2.19. The van der Waals surface area contributed by atoms with Crippen LogP contribution >= 0.6 is 0 Å². The molecule has 0 saturated heterocycles. The number of ether oxygens (including phenoxy) is 3. The Morgan fingerprint density at radius 1 is 1.03 bits per heavy atom. The smallest absolute Gasteiger partial charge is 0.311 e. The van der Waals surface area contributed by atoms with E-state index in [0.717, 1.165) is 17.6 Å². The molecule has 0 aliphatic rings. The van der Waals surface area contributed by atoms with Crippen molar-refractivity contribution >= 4 is 20.6 Å². The number of hydrogen-bond acceptors (Lipinski definition) is 6. The Labute approximate surface area is 232 Å². The molecule has 0 N–H and O–H groups in total. The molecule has 0 amide bonds. The summed E-state index contributed by atoms with van der Waals surface area (Å²) in [5.74, 6) is -0.257. The van der Waals surface area contributed by atoms with Crippen LogP contribution in [0.1, 0.15) is 67.4 Å². The molecule has 0 fully saturated rings. The van der Waals surface area contributed by atoms with Gasteiger partial charge in [0.2, 0.25) is 0 Å². The van der Waals surface area contributed by atoms with Gasteiger partial charge in [0.05, 0.1) is 31.8 Å². The van der Waals surface area contributed by atoms with Crippen LogP contribution in [0.2, 0.25) is 18.1 Å². The molecule has 7 atom stereocenters. The zero-order chi connectivity index (χ0) is 29.3. The van der Waals surface area contributed by atoms with Crippen LogP contribution in [0.5, 0.6) is 5.75 Å². The van der Waals surface area contributed by atoms with Gasteiger partial charge in [0.15, 0.2) is 8.32 Å². The van der Waals surface area contributed by atoms with E-state index in [4.69, 9.17) is 18.6 Å². The van der Waals surface area contributed by atoms with E-state index in [-0.39, 0.29) is 41.0 Å². The Kier molecular flexibility index (Phi) is 13.4. The predicted octanol–water partition coefficient (Wildman–Crippen LogP) is 7.22. The fourth-order valence-corrected chi connectivity index (χ4v) is 5.66. The van der Waals surface area contributed by atoms with Crippen molar-refractivity contribution in [3.63, 3.8) is 0 Å². The molecule has 0 aliphatic heterocycles. The quantitative estimate of drug-likeness (QED) is 0.0940. The Hall–Kier alpha value is -1.96. The Morgan fingerprint density at radius 3 is 2.08 bits per heavy atom. The fourth-order valence-electron chi connectivity index (χ4n) is 4.19. The van der Waals surface area contributed by atoms with Crippen molar-refractivity contribution in [1.82, 2.24) is 0 Å². The van der Waals surface area contributed by atoms with Crippen LogP contribution in [0.15, 0.2) is 36.9 Å². The van der Waals surface area contributed by atoms with Crippen molar-refractivity contribution in [2.45, 2.75) is 105 Å². The molecule has 0 bridgehead atoms. The maximum absolute atomic E-state index is 13.6. The third-order valence-electron chi connectivity index (χ3n) is 7.92. The van der Waals surface area contributed by atoms with E-state index in [2.05, 4.69) is 47.4 Å². The number of carbonyl (C=O) groups excluding carboxylic acids is 2. The molecule has 0 heterocycles. The predicted molar refractivity (Wildman–Crippen MR) is 157 cm³/mol. The molecule has 0 saturated carbocycles. The first kappa shape index (κ1) is 34.1. The average molecular weight is 549 g/mol. The van der Waals surface area contributed by atoms with Gasteiger partial charge in [0.1, 0.15) is 18.1 Å². The van der Waals surface area contributed by atoms with E-state index in [1.807, 2.05) is 52.0 Å². The standard InChI is InChI=1S/C31H52O6Si/c1-13-22(3)29(25(6)35-20-26-14-16-27(34-10)17-15-26)36-30(33)24(5)28(23(4)18-21(2)19-32)37-38(11,12)31(7,8)9/h13-17,19,21-25,28-29H,1,18,20H2,2-12H3/t21-,22-,23+,24-,25-,28+,29+/m1/s1. The van der Waals surface area contributed by atoms with E-state index >= 15 is 0 Å². The molecule has 1 aromatic carbocycles. The minimum Gasteiger partial charge on any atom is -0.497 e.